The Labute approximate surface area is 157 Å². The first kappa shape index (κ1) is 18.3. The quantitative estimate of drug-likeness (QED) is 0.842. The third kappa shape index (κ3) is 4.02. The Morgan fingerprint density at radius 2 is 2.08 bits per heavy atom. The van der Waals surface area contributed by atoms with Gasteiger partial charge in [-0.15, -0.1) is 11.8 Å². The molecule has 2 N–H and O–H groups in total. The van der Waals surface area contributed by atoms with Gasteiger partial charge in [0, 0.05) is 16.9 Å². The number of carbonyl (C=O) groups is 2. The van der Waals surface area contributed by atoms with Crippen LogP contribution in [0.5, 0.6) is 5.75 Å². The van der Waals surface area contributed by atoms with Crippen molar-refractivity contribution in [3.8, 4) is 5.75 Å². The number of methoxy groups -OCH3 is 1. The second-order valence-corrected chi connectivity index (χ2v) is 7.58. The maximum absolute atomic E-state index is 12.5. The number of ether oxygens (including phenoxy) is 1. The zero-order chi connectivity index (χ0) is 18.7. The molecule has 0 aliphatic carbocycles. The zero-order valence-corrected chi connectivity index (χ0v) is 15.9. The smallest absolute Gasteiger partial charge is 0.238 e. The molecular formula is C20H22N2O3S. The van der Waals surface area contributed by atoms with Crippen molar-refractivity contribution in [1.29, 1.82) is 0 Å². The summed E-state index contributed by atoms with van der Waals surface area (Å²) in [5.41, 5.74) is 2.82. The van der Waals surface area contributed by atoms with E-state index in [4.69, 9.17) is 4.74 Å². The topological polar surface area (TPSA) is 67.4 Å². The van der Waals surface area contributed by atoms with Gasteiger partial charge in [0.05, 0.1) is 24.1 Å². The molecule has 0 spiro atoms. The van der Waals surface area contributed by atoms with E-state index in [2.05, 4.69) is 10.6 Å². The van der Waals surface area contributed by atoms with E-state index in [1.54, 1.807) is 7.11 Å². The normalized spacial score (nSPS) is 17.0. The third-order valence-corrected chi connectivity index (χ3v) is 5.58. The summed E-state index contributed by atoms with van der Waals surface area (Å²) in [6.07, 6.45) is 0.128. The van der Waals surface area contributed by atoms with Gasteiger partial charge in [0.25, 0.3) is 0 Å². The SMILES string of the molecule is COc1ccc(C)cc1[C@H](C)NC(=O)C[C@@H]1Sc2ccccc2NC1=O. The lowest BCUT2D eigenvalue weighted by molar-refractivity contribution is -0.124. The lowest BCUT2D eigenvalue weighted by Gasteiger charge is -2.24. The van der Waals surface area contributed by atoms with Crippen LogP contribution in [-0.4, -0.2) is 24.2 Å². The van der Waals surface area contributed by atoms with Gasteiger partial charge in [-0.2, -0.15) is 0 Å². The van der Waals surface area contributed by atoms with Gasteiger partial charge in [0.15, 0.2) is 0 Å². The molecule has 1 heterocycles. The largest absolute Gasteiger partial charge is 0.496 e. The van der Waals surface area contributed by atoms with Crippen molar-refractivity contribution in [3.05, 3.63) is 53.6 Å². The van der Waals surface area contributed by atoms with Crippen LogP contribution < -0.4 is 15.4 Å². The minimum Gasteiger partial charge on any atom is -0.496 e. The number of amides is 2. The van der Waals surface area contributed by atoms with Gasteiger partial charge in [-0.1, -0.05) is 29.8 Å². The summed E-state index contributed by atoms with van der Waals surface area (Å²) >= 11 is 1.43. The van der Waals surface area contributed by atoms with Gasteiger partial charge in [0.1, 0.15) is 5.75 Å². The van der Waals surface area contributed by atoms with Gasteiger partial charge in [-0.3, -0.25) is 9.59 Å². The summed E-state index contributed by atoms with van der Waals surface area (Å²) in [5.74, 6) is 0.444. The Morgan fingerprint density at radius 3 is 2.85 bits per heavy atom. The lowest BCUT2D eigenvalue weighted by Crippen LogP contribution is -2.35. The predicted octanol–water partition coefficient (Wildman–Crippen LogP) is 3.68. The summed E-state index contributed by atoms with van der Waals surface area (Å²) in [4.78, 5) is 25.7. The molecule has 0 saturated carbocycles. The van der Waals surface area contributed by atoms with E-state index < -0.39 is 5.25 Å². The molecule has 2 aromatic carbocycles. The minimum absolute atomic E-state index is 0.128. The predicted molar refractivity (Wildman–Crippen MR) is 104 cm³/mol. The van der Waals surface area contributed by atoms with Crippen LogP contribution in [-0.2, 0) is 9.59 Å². The van der Waals surface area contributed by atoms with Gasteiger partial charge in [-0.25, -0.2) is 0 Å². The van der Waals surface area contributed by atoms with Crippen LogP contribution in [0.1, 0.15) is 30.5 Å². The van der Waals surface area contributed by atoms with Crippen molar-refractivity contribution >= 4 is 29.3 Å². The fourth-order valence-electron chi connectivity index (χ4n) is 2.97. The average Bonchev–Trinajstić information content (AvgIpc) is 2.62. The zero-order valence-electron chi connectivity index (χ0n) is 15.0. The Morgan fingerprint density at radius 1 is 1.31 bits per heavy atom. The van der Waals surface area contributed by atoms with Gasteiger partial charge < -0.3 is 15.4 Å². The van der Waals surface area contributed by atoms with E-state index >= 15 is 0 Å². The standard InChI is InChI=1S/C20H22N2O3S/c1-12-8-9-16(25-3)14(10-12)13(2)21-19(23)11-18-20(24)22-15-6-4-5-7-17(15)26-18/h4-10,13,18H,11H2,1-3H3,(H,21,23)(H,22,24)/t13-,18-/m0/s1. The molecule has 2 atom stereocenters. The molecule has 0 bridgehead atoms. The van der Waals surface area contributed by atoms with Gasteiger partial charge in [0.2, 0.25) is 11.8 Å². The van der Waals surface area contributed by atoms with Crippen molar-refractivity contribution in [3.63, 3.8) is 0 Å². The van der Waals surface area contributed by atoms with Crippen molar-refractivity contribution in [2.45, 2.75) is 36.5 Å². The Balaban J connectivity index is 1.66. The Hall–Kier alpha value is -2.47. The van der Waals surface area contributed by atoms with E-state index in [0.717, 1.165) is 27.5 Å². The van der Waals surface area contributed by atoms with E-state index in [-0.39, 0.29) is 24.3 Å². The van der Waals surface area contributed by atoms with E-state index in [0.29, 0.717) is 0 Å². The number of thioether (sulfide) groups is 1. The maximum atomic E-state index is 12.5. The molecule has 5 nitrogen and oxygen atoms in total. The van der Waals surface area contributed by atoms with Crippen LogP contribution in [0, 0.1) is 6.92 Å². The Bertz CT molecular complexity index is 838. The van der Waals surface area contributed by atoms with Crippen molar-refractivity contribution < 1.29 is 14.3 Å². The van der Waals surface area contributed by atoms with Crippen molar-refractivity contribution in [1.82, 2.24) is 5.32 Å². The first-order valence-electron chi connectivity index (χ1n) is 8.48. The van der Waals surface area contributed by atoms with Gasteiger partial charge in [-0.05, 0) is 32.0 Å². The third-order valence-electron chi connectivity index (χ3n) is 4.31. The molecule has 6 heteroatoms. The first-order chi connectivity index (χ1) is 12.5. The number of benzene rings is 2. The fraction of sp³-hybridized carbons (Fsp3) is 0.300. The number of fused-ring (bicyclic) bond motifs is 1. The maximum Gasteiger partial charge on any atom is 0.238 e. The number of anilines is 1. The number of para-hydroxylation sites is 1. The number of rotatable bonds is 5. The van der Waals surface area contributed by atoms with Crippen LogP contribution >= 0.6 is 11.8 Å². The van der Waals surface area contributed by atoms with Crippen molar-refractivity contribution in [2.75, 3.05) is 12.4 Å². The van der Waals surface area contributed by atoms with Crippen LogP contribution in [0.2, 0.25) is 0 Å². The minimum atomic E-state index is -0.434. The monoisotopic (exact) mass is 370 g/mol. The highest BCUT2D eigenvalue weighted by atomic mass is 32.2. The molecule has 1 aliphatic rings. The molecule has 0 radical (unpaired) electrons. The summed E-state index contributed by atoms with van der Waals surface area (Å²) in [7, 11) is 1.61. The number of carbonyl (C=O) groups excluding carboxylic acids is 2. The lowest BCUT2D eigenvalue weighted by atomic mass is 10.0. The highest BCUT2D eigenvalue weighted by molar-refractivity contribution is 8.01. The molecule has 3 rings (SSSR count). The molecule has 0 aromatic heterocycles. The fourth-order valence-corrected chi connectivity index (χ4v) is 4.08. The van der Waals surface area contributed by atoms with E-state index in [1.165, 1.54) is 11.8 Å². The molecular weight excluding hydrogens is 348 g/mol. The number of nitrogens with one attached hydrogen (secondary N) is 2. The number of hydrogen-bond acceptors (Lipinski definition) is 4. The van der Waals surface area contributed by atoms with Crippen LogP contribution in [0.15, 0.2) is 47.4 Å². The summed E-state index contributed by atoms with van der Waals surface area (Å²) < 4.78 is 5.39. The second kappa shape index (κ2) is 7.83. The molecule has 136 valence electrons. The van der Waals surface area contributed by atoms with Crippen LogP contribution in [0.3, 0.4) is 0 Å². The number of aryl methyl sites for hydroxylation is 1. The highest BCUT2D eigenvalue weighted by Gasteiger charge is 2.29. The van der Waals surface area contributed by atoms with E-state index in [1.807, 2.05) is 56.3 Å². The molecule has 2 amide bonds. The van der Waals surface area contributed by atoms with Crippen LogP contribution in [0.4, 0.5) is 5.69 Å². The molecule has 0 unspecified atom stereocenters. The van der Waals surface area contributed by atoms with Gasteiger partial charge >= 0.3 is 0 Å². The average molecular weight is 370 g/mol. The van der Waals surface area contributed by atoms with Crippen molar-refractivity contribution in [2.24, 2.45) is 0 Å². The summed E-state index contributed by atoms with van der Waals surface area (Å²) in [5, 5.41) is 5.41. The first-order valence-corrected chi connectivity index (χ1v) is 9.36. The molecule has 0 fully saturated rings. The van der Waals surface area contributed by atoms with Crippen LogP contribution in [0.25, 0.3) is 0 Å². The molecule has 1 aliphatic heterocycles. The Kier molecular flexibility index (Phi) is 5.52. The summed E-state index contributed by atoms with van der Waals surface area (Å²) in [6, 6.07) is 13.3. The molecule has 0 saturated heterocycles. The second-order valence-electron chi connectivity index (χ2n) is 6.33. The molecule has 26 heavy (non-hydrogen) atoms. The summed E-state index contributed by atoms with van der Waals surface area (Å²) in [6.45, 7) is 3.91. The molecule has 2 aromatic rings. The van der Waals surface area contributed by atoms with E-state index in [9.17, 15) is 9.59 Å². The number of hydrogen-bond donors (Lipinski definition) is 2. The highest BCUT2D eigenvalue weighted by Crippen LogP contribution is 2.36.